The second-order valence-electron chi connectivity index (χ2n) is 3.12. The zero-order valence-corrected chi connectivity index (χ0v) is 7.08. The Morgan fingerprint density at radius 1 is 1.45 bits per heavy atom. The van der Waals surface area contributed by atoms with Gasteiger partial charge in [0.1, 0.15) is 6.29 Å². The van der Waals surface area contributed by atoms with Crippen LogP contribution in [0.2, 0.25) is 0 Å². The van der Waals surface area contributed by atoms with Gasteiger partial charge in [0.2, 0.25) is 0 Å². The molecule has 1 rings (SSSR count). The van der Waals surface area contributed by atoms with Crippen molar-refractivity contribution < 1.29 is 9.53 Å². The predicted octanol–water partition coefficient (Wildman–Crippen LogP) is 1.92. The molecule has 0 aliphatic carbocycles. The van der Waals surface area contributed by atoms with Gasteiger partial charge in [0.25, 0.3) is 0 Å². The molecule has 0 spiro atoms. The van der Waals surface area contributed by atoms with Crippen LogP contribution < -0.4 is 0 Å². The van der Waals surface area contributed by atoms with E-state index >= 15 is 0 Å². The van der Waals surface area contributed by atoms with Crippen LogP contribution in [0.25, 0.3) is 0 Å². The van der Waals surface area contributed by atoms with Gasteiger partial charge < -0.3 is 9.53 Å². The normalized spacial score (nSPS) is 31.7. The monoisotopic (exact) mass is 156 g/mol. The highest BCUT2D eigenvalue weighted by molar-refractivity contribution is 5.50. The van der Waals surface area contributed by atoms with Crippen molar-refractivity contribution in [2.24, 2.45) is 0 Å². The maximum Gasteiger partial charge on any atom is 0.122 e. The topological polar surface area (TPSA) is 26.3 Å². The Balaban J connectivity index is 2.27. The summed E-state index contributed by atoms with van der Waals surface area (Å²) in [4.78, 5) is 10.2. The number of rotatable bonds is 3. The van der Waals surface area contributed by atoms with Crippen molar-refractivity contribution in [3.63, 3.8) is 0 Å². The maximum absolute atomic E-state index is 10.2. The summed E-state index contributed by atoms with van der Waals surface area (Å²) in [6.07, 6.45) is 6.70. The molecular formula is C9H16O2. The first-order chi connectivity index (χ1) is 5.36. The summed E-state index contributed by atoms with van der Waals surface area (Å²) in [5.41, 5.74) is 0. The molecule has 0 saturated carbocycles. The molecule has 2 heteroatoms. The minimum absolute atomic E-state index is 0.214. The number of hydrogen-bond acceptors (Lipinski definition) is 2. The largest absolute Gasteiger partial charge is 0.375 e. The zero-order chi connectivity index (χ0) is 8.10. The average molecular weight is 156 g/mol. The van der Waals surface area contributed by atoms with Gasteiger partial charge in [-0.1, -0.05) is 6.92 Å². The summed E-state index contributed by atoms with van der Waals surface area (Å²) in [6.45, 7) is 2.13. The van der Waals surface area contributed by atoms with Crippen molar-refractivity contribution >= 4 is 6.29 Å². The van der Waals surface area contributed by atoms with Crippen LogP contribution >= 0.6 is 0 Å². The van der Waals surface area contributed by atoms with E-state index in [0.29, 0.717) is 12.5 Å². The molecule has 2 nitrogen and oxygen atoms in total. The third kappa shape index (κ3) is 2.62. The summed E-state index contributed by atoms with van der Waals surface area (Å²) < 4.78 is 5.64. The highest BCUT2D eigenvalue weighted by atomic mass is 16.5. The molecule has 64 valence electrons. The van der Waals surface area contributed by atoms with Crippen molar-refractivity contribution in [2.75, 3.05) is 0 Å². The number of aldehydes is 1. The lowest BCUT2D eigenvalue weighted by atomic mass is 10.0. The predicted molar refractivity (Wildman–Crippen MR) is 43.5 cm³/mol. The van der Waals surface area contributed by atoms with E-state index < -0.39 is 0 Å². The molecule has 1 aliphatic heterocycles. The summed E-state index contributed by atoms with van der Waals surface area (Å²) in [7, 11) is 0. The molecular weight excluding hydrogens is 140 g/mol. The van der Waals surface area contributed by atoms with Crippen LogP contribution in [0.5, 0.6) is 0 Å². The van der Waals surface area contributed by atoms with Crippen molar-refractivity contribution in [1.29, 1.82) is 0 Å². The Kier molecular flexibility index (Phi) is 3.57. The van der Waals surface area contributed by atoms with Crippen LogP contribution in [-0.2, 0) is 9.53 Å². The van der Waals surface area contributed by atoms with Crippen molar-refractivity contribution in [3.05, 3.63) is 0 Å². The number of ether oxygens (including phenoxy) is 1. The lowest BCUT2D eigenvalue weighted by molar-refractivity contribution is -0.114. The van der Waals surface area contributed by atoms with Crippen LogP contribution in [-0.4, -0.2) is 18.5 Å². The molecule has 0 radical (unpaired) electrons. The van der Waals surface area contributed by atoms with Crippen LogP contribution in [0, 0.1) is 0 Å². The lowest BCUT2D eigenvalue weighted by Crippen LogP contribution is -2.27. The van der Waals surface area contributed by atoms with E-state index in [0.717, 1.165) is 19.1 Å². The summed E-state index contributed by atoms with van der Waals surface area (Å²) in [6, 6.07) is 0. The minimum Gasteiger partial charge on any atom is -0.375 e. The maximum atomic E-state index is 10.2. The standard InChI is InChI=1S/C9H16O2/c1-2-8-4-3-5-9(11-8)6-7-10/h7-9H,2-6H2,1H3/t8-,9-/m1/s1. The van der Waals surface area contributed by atoms with Gasteiger partial charge in [0.15, 0.2) is 0 Å². The summed E-state index contributed by atoms with van der Waals surface area (Å²) >= 11 is 0. The van der Waals surface area contributed by atoms with Gasteiger partial charge in [0, 0.05) is 6.42 Å². The Labute approximate surface area is 67.9 Å². The van der Waals surface area contributed by atoms with Gasteiger partial charge in [-0.15, -0.1) is 0 Å². The van der Waals surface area contributed by atoms with E-state index in [-0.39, 0.29) is 6.10 Å². The van der Waals surface area contributed by atoms with Gasteiger partial charge in [-0.25, -0.2) is 0 Å². The molecule has 11 heavy (non-hydrogen) atoms. The van der Waals surface area contributed by atoms with E-state index in [1.54, 1.807) is 0 Å². The number of hydrogen-bond donors (Lipinski definition) is 0. The summed E-state index contributed by atoms with van der Waals surface area (Å²) in [5.74, 6) is 0. The molecule has 0 aromatic carbocycles. The lowest BCUT2D eigenvalue weighted by Gasteiger charge is -2.28. The minimum atomic E-state index is 0.214. The zero-order valence-electron chi connectivity index (χ0n) is 7.08. The van der Waals surface area contributed by atoms with E-state index in [1.807, 2.05) is 0 Å². The fourth-order valence-electron chi connectivity index (χ4n) is 1.56. The highest BCUT2D eigenvalue weighted by Gasteiger charge is 2.19. The van der Waals surface area contributed by atoms with E-state index in [2.05, 4.69) is 6.92 Å². The van der Waals surface area contributed by atoms with Crippen LogP contribution in [0.4, 0.5) is 0 Å². The first-order valence-corrected chi connectivity index (χ1v) is 4.46. The third-order valence-corrected chi connectivity index (χ3v) is 2.25. The third-order valence-electron chi connectivity index (χ3n) is 2.25. The Hall–Kier alpha value is -0.370. The van der Waals surface area contributed by atoms with Gasteiger partial charge in [-0.05, 0) is 25.7 Å². The SMILES string of the molecule is CC[C@@H]1CCC[C@H](CC=O)O1. The van der Waals surface area contributed by atoms with Crippen LogP contribution in [0.15, 0.2) is 0 Å². The van der Waals surface area contributed by atoms with Gasteiger partial charge >= 0.3 is 0 Å². The van der Waals surface area contributed by atoms with Crippen molar-refractivity contribution in [3.8, 4) is 0 Å². The Bertz CT molecular complexity index is 123. The molecule has 1 fully saturated rings. The second kappa shape index (κ2) is 4.50. The quantitative estimate of drug-likeness (QED) is 0.583. The first-order valence-electron chi connectivity index (χ1n) is 4.46. The van der Waals surface area contributed by atoms with E-state index in [4.69, 9.17) is 4.74 Å². The van der Waals surface area contributed by atoms with Gasteiger partial charge in [-0.3, -0.25) is 0 Å². The number of carbonyl (C=O) groups excluding carboxylic acids is 1. The smallest absolute Gasteiger partial charge is 0.122 e. The average Bonchev–Trinajstić information content (AvgIpc) is 2.06. The fraction of sp³-hybridized carbons (Fsp3) is 0.889. The Morgan fingerprint density at radius 3 is 2.82 bits per heavy atom. The molecule has 0 bridgehead atoms. The summed E-state index contributed by atoms with van der Waals surface area (Å²) in [5, 5.41) is 0. The van der Waals surface area contributed by atoms with E-state index in [1.165, 1.54) is 12.8 Å². The number of carbonyl (C=O) groups is 1. The van der Waals surface area contributed by atoms with Crippen molar-refractivity contribution in [1.82, 2.24) is 0 Å². The molecule has 0 unspecified atom stereocenters. The second-order valence-corrected chi connectivity index (χ2v) is 3.12. The van der Waals surface area contributed by atoms with Crippen LogP contribution in [0.1, 0.15) is 39.0 Å². The molecule has 1 heterocycles. The van der Waals surface area contributed by atoms with Crippen LogP contribution in [0.3, 0.4) is 0 Å². The molecule has 0 aromatic rings. The molecule has 2 atom stereocenters. The van der Waals surface area contributed by atoms with E-state index in [9.17, 15) is 4.79 Å². The van der Waals surface area contributed by atoms with Gasteiger partial charge in [0.05, 0.1) is 12.2 Å². The molecule has 0 amide bonds. The molecule has 0 N–H and O–H groups in total. The molecule has 1 aliphatic rings. The van der Waals surface area contributed by atoms with Crippen molar-refractivity contribution in [2.45, 2.75) is 51.2 Å². The fourth-order valence-corrected chi connectivity index (χ4v) is 1.56. The van der Waals surface area contributed by atoms with Gasteiger partial charge in [-0.2, -0.15) is 0 Å². The molecule has 1 saturated heterocycles. The highest BCUT2D eigenvalue weighted by Crippen LogP contribution is 2.21. The molecule has 0 aromatic heterocycles. The first kappa shape index (κ1) is 8.72. The Morgan fingerprint density at radius 2 is 2.18 bits per heavy atom.